The first-order chi connectivity index (χ1) is 11.6. The number of amides is 1. The summed E-state index contributed by atoms with van der Waals surface area (Å²) in [6.07, 6.45) is 0. The van der Waals surface area contributed by atoms with Crippen LogP contribution in [-0.2, 0) is 4.79 Å². The number of carbonyl (C=O) groups excluding carboxylic acids is 1. The summed E-state index contributed by atoms with van der Waals surface area (Å²) in [5, 5.41) is 13.1. The first-order valence-corrected chi connectivity index (χ1v) is 9.50. The molecule has 8 heteroatoms. The Morgan fingerprint density at radius 1 is 1.38 bits per heavy atom. The highest BCUT2D eigenvalue weighted by atomic mass is 35.5. The normalized spacial score (nSPS) is 12.1. The number of carbonyl (C=O) groups is 1. The zero-order chi connectivity index (χ0) is 16.9. The Morgan fingerprint density at radius 2 is 2.21 bits per heavy atom. The molecule has 1 atom stereocenters. The highest BCUT2D eigenvalue weighted by molar-refractivity contribution is 7.99. The molecule has 0 radical (unpaired) electrons. The molecule has 0 bridgehead atoms. The Labute approximate surface area is 152 Å². The van der Waals surface area contributed by atoms with Crippen molar-refractivity contribution in [2.75, 3.05) is 5.75 Å². The first-order valence-electron chi connectivity index (χ1n) is 7.26. The third-order valence-corrected chi connectivity index (χ3v) is 5.37. The van der Waals surface area contributed by atoms with E-state index in [2.05, 4.69) is 20.5 Å². The Hall–Kier alpha value is -1.83. The van der Waals surface area contributed by atoms with E-state index in [9.17, 15) is 4.79 Å². The SMILES string of the molecule is C[C@@H](NC(=O)CSc1n[nH]c(-c2cccs2)n1)c1ccccc1Cl. The highest BCUT2D eigenvalue weighted by Gasteiger charge is 2.14. The number of H-pyrrole nitrogens is 1. The van der Waals surface area contributed by atoms with Crippen LogP contribution in [0.25, 0.3) is 10.7 Å². The lowest BCUT2D eigenvalue weighted by atomic mass is 10.1. The van der Waals surface area contributed by atoms with Gasteiger partial charge >= 0.3 is 0 Å². The summed E-state index contributed by atoms with van der Waals surface area (Å²) < 4.78 is 0. The molecule has 0 saturated heterocycles. The van der Waals surface area contributed by atoms with Crippen molar-refractivity contribution in [2.45, 2.75) is 18.1 Å². The van der Waals surface area contributed by atoms with Gasteiger partial charge in [0.05, 0.1) is 16.7 Å². The summed E-state index contributed by atoms with van der Waals surface area (Å²) in [5.41, 5.74) is 0.899. The van der Waals surface area contributed by atoms with Gasteiger partial charge in [-0.3, -0.25) is 9.89 Å². The second kappa shape index (κ2) is 7.83. The van der Waals surface area contributed by atoms with Crippen LogP contribution < -0.4 is 5.32 Å². The van der Waals surface area contributed by atoms with Crippen LogP contribution in [0.2, 0.25) is 5.02 Å². The lowest BCUT2D eigenvalue weighted by Crippen LogP contribution is -2.28. The smallest absolute Gasteiger partial charge is 0.230 e. The Morgan fingerprint density at radius 3 is 2.96 bits per heavy atom. The maximum atomic E-state index is 12.1. The summed E-state index contributed by atoms with van der Waals surface area (Å²) in [6.45, 7) is 1.91. The standard InChI is InChI=1S/C16H15ClN4OS2/c1-10(11-5-2-3-6-12(11)17)18-14(22)9-24-16-19-15(20-21-16)13-7-4-8-23-13/h2-8,10H,9H2,1H3,(H,18,22)(H,19,20,21)/t10-/m1/s1. The summed E-state index contributed by atoms with van der Waals surface area (Å²) in [4.78, 5) is 17.5. The lowest BCUT2D eigenvalue weighted by molar-refractivity contribution is -0.119. The monoisotopic (exact) mass is 378 g/mol. The number of aromatic amines is 1. The molecule has 2 heterocycles. The highest BCUT2D eigenvalue weighted by Crippen LogP contribution is 2.24. The van der Waals surface area contributed by atoms with E-state index >= 15 is 0 Å². The van der Waals surface area contributed by atoms with Crippen LogP contribution in [0.1, 0.15) is 18.5 Å². The number of benzene rings is 1. The third-order valence-electron chi connectivity index (χ3n) is 3.30. The molecule has 0 aliphatic carbocycles. The Balaban J connectivity index is 1.53. The van der Waals surface area contributed by atoms with Crippen molar-refractivity contribution in [3.05, 3.63) is 52.4 Å². The Kier molecular flexibility index (Phi) is 5.55. The molecule has 2 aromatic heterocycles. The molecule has 1 amide bonds. The zero-order valence-corrected chi connectivity index (χ0v) is 15.2. The number of thiophene rings is 1. The average molecular weight is 379 g/mol. The quantitative estimate of drug-likeness (QED) is 0.632. The zero-order valence-electron chi connectivity index (χ0n) is 12.8. The maximum Gasteiger partial charge on any atom is 0.230 e. The minimum Gasteiger partial charge on any atom is -0.349 e. The van der Waals surface area contributed by atoms with E-state index in [-0.39, 0.29) is 17.7 Å². The molecule has 0 spiro atoms. The van der Waals surface area contributed by atoms with Gasteiger partial charge in [-0.2, -0.15) is 0 Å². The number of thioether (sulfide) groups is 1. The van der Waals surface area contributed by atoms with Gasteiger partial charge in [-0.1, -0.05) is 47.6 Å². The second-order valence-electron chi connectivity index (χ2n) is 5.04. The van der Waals surface area contributed by atoms with Crippen molar-refractivity contribution in [1.82, 2.24) is 20.5 Å². The van der Waals surface area contributed by atoms with Crippen molar-refractivity contribution in [3.63, 3.8) is 0 Å². The molecule has 1 aromatic carbocycles. The molecular formula is C16H15ClN4OS2. The molecule has 0 saturated carbocycles. The molecule has 0 fully saturated rings. The van der Waals surface area contributed by atoms with Crippen LogP contribution in [0.15, 0.2) is 46.9 Å². The second-order valence-corrected chi connectivity index (χ2v) is 7.34. The van der Waals surface area contributed by atoms with Crippen LogP contribution in [0.4, 0.5) is 0 Å². The number of hydrogen-bond acceptors (Lipinski definition) is 5. The van der Waals surface area contributed by atoms with E-state index in [4.69, 9.17) is 11.6 Å². The van der Waals surface area contributed by atoms with Crippen LogP contribution in [0.3, 0.4) is 0 Å². The van der Waals surface area contributed by atoms with Crippen LogP contribution in [0, 0.1) is 0 Å². The van der Waals surface area contributed by atoms with Gasteiger partial charge in [0, 0.05) is 5.02 Å². The fourth-order valence-electron chi connectivity index (χ4n) is 2.15. The number of rotatable bonds is 6. The lowest BCUT2D eigenvalue weighted by Gasteiger charge is -2.15. The number of nitrogens with zero attached hydrogens (tertiary/aromatic N) is 2. The van der Waals surface area contributed by atoms with E-state index in [1.165, 1.54) is 11.8 Å². The van der Waals surface area contributed by atoms with Crippen LogP contribution in [-0.4, -0.2) is 26.8 Å². The van der Waals surface area contributed by atoms with Gasteiger partial charge in [0.1, 0.15) is 0 Å². The van der Waals surface area contributed by atoms with Gasteiger partial charge < -0.3 is 5.32 Å². The number of halogens is 1. The van der Waals surface area contributed by atoms with Gasteiger partial charge in [-0.05, 0) is 30.0 Å². The van der Waals surface area contributed by atoms with Gasteiger partial charge in [0.2, 0.25) is 11.1 Å². The molecule has 0 aliphatic rings. The number of nitrogens with one attached hydrogen (secondary N) is 2. The fourth-order valence-corrected chi connectivity index (χ4v) is 3.72. The van der Waals surface area contributed by atoms with Gasteiger partial charge in [0.15, 0.2) is 5.82 Å². The van der Waals surface area contributed by atoms with E-state index in [0.29, 0.717) is 10.2 Å². The molecular weight excluding hydrogens is 364 g/mol. The molecule has 3 rings (SSSR count). The van der Waals surface area contributed by atoms with Gasteiger partial charge in [0.25, 0.3) is 0 Å². The molecule has 124 valence electrons. The Bertz CT molecular complexity index is 819. The molecule has 0 unspecified atom stereocenters. The fraction of sp³-hybridized carbons (Fsp3) is 0.188. The average Bonchev–Trinajstić information content (AvgIpc) is 3.24. The number of hydrogen-bond donors (Lipinski definition) is 2. The van der Waals surface area contributed by atoms with E-state index in [1.807, 2.05) is 48.7 Å². The largest absolute Gasteiger partial charge is 0.349 e. The summed E-state index contributed by atoms with van der Waals surface area (Å²) in [6, 6.07) is 11.3. The first kappa shape index (κ1) is 17.0. The maximum absolute atomic E-state index is 12.1. The minimum absolute atomic E-state index is 0.0881. The molecule has 0 aliphatic heterocycles. The summed E-state index contributed by atoms with van der Waals surface area (Å²) in [5.74, 6) is 0.878. The minimum atomic E-state index is -0.152. The van der Waals surface area contributed by atoms with Crippen molar-refractivity contribution in [1.29, 1.82) is 0 Å². The van der Waals surface area contributed by atoms with Crippen molar-refractivity contribution in [3.8, 4) is 10.7 Å². The third kappa shape index (κ3) is 4.17. The molecule has 24 heavy (non-hydrogen) atoms. The van der Waals surface area contributed by atoms with Crippen molar-refractivity contribution < 1.29 is 4.79 Å². The van der Waals surface area contributed by atoms with E-state index < -0.39 is 0 Å². The summed E-state index contributed by atoms with van der Waals surface area (Å²) >= 11 is 9.03. The predicted molar refractivity (Wildman–Crippen MR) is 98.4 cm³/mol. The van der Waals surface area contributed by atoms with Gasteiger partial charge in [-0.15, -0.1) is 16.4 Å². The molecule has 5 nitrogen and oxygen atoms in total. The van der Waals surface area contributed by atoms with Gasteiger partial charge in [-0.25, -0.2) is 4.98 Å². The van der Waals surface area contributed by atoms with Crippen LogP contribution >= 0.6 is 34.7 Å². The van der Waals surface area contributed by atoms with E-state index in [0.717, 1.165) is 16.3 Å². The van der Waals surface area contributed by atoms with E-state index in [1.54, 1.807) is 11.3 Å². The van der Waals surface area contributed by atoms with Crippen molar-refractivity contribution in [2.24, 2.45) is 0 Å². The number of aromatic nitrogens is 3. The predicted octanol–water partition coefficient (Wildman–Crippen LogP) is 4.16. The molecule has 3 aromatic rings. The molecule has 2 N–H and O–H groups in total. The van der Waals surface area contributed by atoms with Crippen LogP contribution in [0.5, 0.6) is 0 Å². The topological polar surface area (TPSA) is 70.7 Å². The summed E-state index contributed by atoms with van der Waals surface area (Å²) in [7, 11) is 0. The van der Waals surface area contributed by atoms with Crippen molar-refractivity contribution >= 4 is 40.6 Å².